The quantitative estimate of drug-likeness (QED) is 0.732. The molecule has 0 aliphatic carbocycles. The fourth-order valence-electron chi connectivity index (χ4n) is 3.31. The highest BCUT2D eigenvalue weighted by molar-refractivity contribution is 8.00. The highest BCUT2D eigenvalue weighted by atomic mass is 32.2. The number of nitrogens with zero attached hydrogens (tertiary/aromatic N) is 1. The lowest BCUT2D eigenvalue weighted by Crippen LogP contribution is -2.47. The molecule has 0 spiro atoms. The standard InChI is InChI=1S/C22H27N3O2S/c1-16-9-11-17(12-10-16)24-21(26)15-28-20-8-4-3-7-19(20)22(27)25-13-5-6-18(14-25)23-2/h3-4,7-12,18,23H,5-6,13-15H2,1-2H3,(H,24,26). The van der Waals surface area contributed by atoms with Crippen molar-refractivity contribution >= 4 is 29.3 Å². The molecule has 0 bridgehead atoms. The van der Waals surface area contributed by atoms with E-state index in [-0.39, 0.29) is 17.6 Å². The van der Waals surface area contributed by atoms with E-state index >= 15 is 0 Å². The van der Waals surface area contributed by atoms with Gasteiger partial charge in [-0.1, -0.05) is 29.8 Å². The summed E-state index contributed by atoms with van der Waals surface area (Å²) in [5.74, 6) is 0.225. The Hall–Kier alpha value is -2.31. The van der Waals surface area contributed by atoms with Crippen molar-refractivity contribution < 1.29 is 9.59 Å². The van der Waals surface area contributed by atoms with Crippen molar-refractivity contribution in [3.63, 3.8) is 0 Å². The zero-order valence-corrected chi connectivity index (χ0v) is 17.2. The molecule has 1 fully saturated rings. The normalized spacial score (nSPS) is 16.6. The third-order valence-corrected chi connectivity index (χ3v) is 6.00. The van der Waals surface area contributed by atoms with Crippen molar-refractivity contribution in [3.05, 3.63) is 59.7 Å². The third-order valence-electron chi connectivity index (χ3n) is 4.93. The van der Waals surface area contributed by atoms with Crippen LogP contribution < -0.4 is 10.6 Å². The molecular weight excluding hydrogens is 370 g/mol. The van der Waals surface area contributed by atoms with E-state index in [0.29, 0.717) is 11.6 Å². The van der Waals surface area contributed by atoms with E-state index in [2.05, 4.69) is 10.6 Å². The molecule has 0 saturated carbocycles. The zero-order chi connectivity index (χ0) is 19.9. The molecule has 2 amide bonds. The monoisotopic (exact) mass is 397 g/mol. The van der Waals surface area contributed by atoms with Crippen LogP contribution in [0.2, 0.25) is 0 Å². The predicted octanol–water partition coefficient (Wildman–Crippen LogP) is 3.55. The Kier molecular flexibility index (Phi) is 7.12. The van der Waals surface area contributed by atoms with Gasteiger partial charge in [0.2, 0.25) is 5.91 Å². The van der Waals surface area contributed by atoms with Crippen LogP contribution in [-0.2, 0) is 4.79 Å². The Balaban J connectivity index is 1.62. The van der Waals surface area contributed by atoms with Crippen molar-refractivity contribution in [2.45, 2.75) is 30.7 Å². The Morgan fingerprint density at radius 3 is 2.64 bits per heavy atom. The summed E-state index contributed by atoms with van der Waals surface area (Å²) in [6.45, 7) is 3.52. The number of nitrogens with one attached hydrogen (secondary N) is 2. The summed E-state index contributed by atoms with van der Waals surface area (Å²) < 4.78 is 0. The molecule has 0 aromatic heterocycles. The maximum absolute atomic E-state index is 13.0. The minimum atomic E-state index is -0.0793. The van der Waals surface area contributed by atoms with Crippen LogP contribution in [0.15, 0.2) is 53.4 Å². The van der Waals surface area contributed by atoms with Crippen LogP contribution in [0.5, 0.6) is 0 Å². The van der Waals surface area contributed by atoms with Crippen LogP contribution in [-0.4, -0.2) is 48.6 Å². The van der Waals surface area contributed by atoms with E-state index in [1.54, 1.807) is 0 Å². The first kappa shape index (κ1) is 20.4. The maximum atomic E-state index is 13.0. The number of hydrogen-bond acceptors (Lipinski definition) is 4. The van der Waals surface area contributed by atoms with Gasteiger partial charge in [-0.3, -0.25) is 9.59 Å². The van der Waals surface area contributed by atoms with Gasteiger partial charge in [0.05, 0.1) is 11.3 Å². The van der Waals surface area contributed by atoms with Crippen molar-refractivity contribution in [1.29, 1.82) is 0 Å². The van der Waals surface area contributed by atoms with Gasteiger partial charge in [0.15, 0.2) is 0 Å². The van der Waals surface area contributed by atoms with E-state index in [0.717, 1.165) is 42.1 Å². The van der Waals surface area contributed by atoms with E-state index in [1.165, 1.54) is 11.8 Å². The van der Waals surface area contributed by atoms with Crippen LogP contribution in [0.4, 0.5) is 5.69 Å². The number of carbonyl (C=O) groups is 2. The second-order valence-electron chi connectivity index (χ2n) is 7.08. The fraction of sp³-hybridized carbons (Fsp3) is 0.364. The maximum Gasteiger partial charge on any atom is 0.255 e. The van der Waals surface area contributed by atoms with Crippen molar-refractivity contribution in [2.75, 3.05) is 31.2 Å². The molecule has 1 atom stereocenters. The number of anilines is 1. The Morgan fingerprint density at radius 2 is 1.89 bits per heavy atom. The van der Waals surface area contributed by atoms with E-state index in [9.17, 15) is 9.59 Å². The molecule has 1 aliphatic heterocycles. The Morgan fingerprint density at radius 1 is 1.14 bits per heavy atom. The molecule has 28 heavy (non-hydrogen) atoms. The first-order chi connectivity index (χ1) is 13.6. The van der Waals surface area contributed by atoms with Crippen molar-refractivity contribution in [2.24, 2.45) is 0 Å². The molecule has 1 saturated heterocycles. The second kappa shape index (κ2) is 9.75. The summed E-state index contributed by atoms with van der Waals surface area (Å²) in [4.78, 5) is 28.1. The second-order valence-corrected chi connectivity index (χ2v) is 8.10. The van der Waals surface area contributed by atoms with Crippen LogP contribution in [0.1, 0.15) is 28.8 Å². The number of likely N-dealkylation sites (N-methyl/N-ethyl adjacent to an activating group) is 1. The highest BCUT2D eigenvalue weighted by Crippen LogP contribution is 2.25. The molecular formula is C22H27N3O2S. The van der Waals surface area contributed by atoms with E-state index in [1.807, 2.05) is 67.4 Å². The van der Waals surface area contributed by atoms with Gasteiger partial charge in [-0.05, 0) is 51.1 Å². The van der Waals surface area contributed by atoms with Gasteiger partial charge >= 0.3 is 0 Å². The lowest BCUT2D eigenvalue weighted by Gasteiger charge is -2.33. The molecule has 1 unspecified atom stereocenters. The van der Waals surface area contributed by atoms with E-state index < -0.39 is 0 Å². The van der Waals surface area contributed by atoms with Crippen LogP contribution in [0, 0.1) is 6.92 Å². The number of thioether (sulfide) groups is 1. The number of likely N-dealkylation sites (tertiary alicyclic amines) is 1. The number of amides is 2. The van der Waals surface area contributed by atoms with Crippen molar-refractivity contribution in [3.8, 4) is 0 Å². The molecule has 2 N–H and O–H groups in total. The van der Waals surface area contributed by atoms with Crippen LogP contribution >= 0.6 is 11.8 Å². The molecule has 3 rings (SSSR count). The number of benzene rings is 2. The lowest BCUT2D eigenvalue weighted by molar-refractivity contribution is -0.113. The summed E-state index contributed by atoms with van der Waals surface area (Å²) >= 11 is 1.40. The van der Waals surface area contributed by atoms with Gasteiger partial charge in [0.25, 0.3) is 5.91 Å². The average molecular weight is 398 g/mol. The molecule has 0 radical (unpaired) electrons. The first-order valence-electron chi connectivity index (χ1n) is 9.61. The fourth-order valence-corrected chi connectivity index (χ4v) is 4.16. The zero-order valence-electron chi connectivity index (χ0n) is 16.4. The summed E-state index contributed by atoms with van der Waals surface area (Å²) in [5.41, 5.74) is 2.61. The van der Waals surface area contributed by atoms with Gasteiger partial charge in [0.1, 0.15) is 0 Å². The molecule has 1 heterocycles. The summed E-state index contributed by atoms with van der Waals surface area (Å²) in [6.07, 6.45) is 2.10. The summed E-state index contributed by atoms with van der Waals surface area (Å²) in [5, 5.41) is 6.17. The Bertz CT molecular complexity index is 823. The average Bonchev–Trinajstić information content (AvgIpc) is 2.73. The highest BCUT2D eigenvalue weighted by Gasteiger charge is 2.25. The van der Waals surface area contributed by atoms with Crippen LogP contribution in [0.25, 0.3) is 0 Å². The minimum Gasteiger partial charge on any atom is -0.337 e. The number of rotatable bonds is 6. The predicted molar refractivity (Wildman–Crippen MR) is 115 cm³/mol. The summed E-state index contributed by atoms with van der Waals surface area (Å²) in [7, 11) is 1.94. The summed E-state index contributed by atoms with van der Waals surface area (Å²) in [6, 6.07) is 15.6. The number of carbonyl (C=O) groups excluding carboxylic acids is 2. The van der Waals surface area contributed by atoms with Gasteiger partial charge in [-0.25, -0.2) is 0 Å². The third kappa shape index (κ3) is 5.36. The van der Waals surface area contributed by atoms with Gasteiger partial charge in [-0.2, -0.15) is 0 Å². The molecule has 2 aromatic carbocycles. The van der Waals surface area contributed by atoms with Gasteiger partial charge < -0.3 is 15.5 Å². The SMILES string of the molecule is CNC1CCCN(C(=O)c2ccccc2SCC(=O)Nc2ccc(C)cc2)C1. The van der Waals surface area contributed by atoms with Crippen LogP contribution in [0.3, 0.4) is 0 Å². The smallest absolute Gasteiger partial charge is 0.255 e. The number of aryl methyl sites for hydroxylation is 1. The number of hydrogen-bond donors (Lipinski definition) is 2. The molecule has 2 aromatic rings. The molecule has 148 valence electrons. The minimum absolute atomic E-state index is 0.0435. The number of piperidine rings is 1. The molecule has 1 aliphatic rings. The van der Waals surface area contributed by atoms with E-state index in [4.69, 9.17) is 0 Å². The van der Waals surface area contributed by atoms with Gasteiger partial charge in [0, 0.05) is 29.7 Å². The van der Waals surface area contributed by atoms with Crippen molar-refractivity contribution in [1.82, 2.24) is 10.2 Å². The molecule has 5 nitrogen and oxygen atoms in total. The first-order valence-corrected chi connectivity index (χ1v) is 10.6. The topological polar surface area (TPSA) is 61.4 Å². The van der Waals surface area contributed by atoms with Gasteiger partial charge in [-0.15, -0.1) is 11.8 Å². The molecule has 6 heteroatoms. The lowest BCUT2D eigenvalue weighted by atomic mass is 10.0. The largest absolute Gasteiger partial charge is 0.337 e. The Labute approximate surface area is 170 Å².